The number of urea groups is 1. The molecule has 0 aliphatic heterocycles. The van der Waals surface area contributed by atoms with Gasteiger partial charge in [0.1, 0.15) is 5.75 Å². The molecule has 1 aromatic carbocycles. The Balaban J connectivity index is 2.27. The van der Waals surface area contributed by atoms with Crippen LogP contribution in [0.25, 0.3) is 0 Å². The number of halogens is 1. The normalized spacial score (nSPS) is 10.0. The van der Waals surface area contributed by atoms with Gasteiger partial charge in [-0.3, -0.25) is 4.79 Å². The molecule has 1 aromatic rings. The number of carboxylic acid groups (broad SMARTS) is 1. The third-order valence-electron chi connectivity index (χ3n) is 2.72. The molecule has 0 aliphatic rings. The van der Waals surface area contributed by atoms with Crippen LogP contribution in [0, 0.1) is 0 Å². The van der Waals surface area contributed by atoms with Crippen LogP contribution in [0.2, 0.25) is 0 Å². The third-order valence-corrected chi connectivity index (χ3v) is 3.18. The SMILES string of the molecule is COc1cc(Br)cc(NC(=O)NCCCCCC(=O)O)c1. The van der Waals surface area contributed by atoms with E-state index in [4.69, 9.17) is 9.84 Å². The van der Waals surface area contributed by atoms with Crippen molar-refractivity contribution < 1.29 is 19.4 Å². The van der Waals surface area contributed by atoms with E-state index in [1.807, 2.05) is 0 Å². The van der Waals surface area contributed by atoms with Crippen LogP contribution in [0.1, 0.15) is 25.7 Å². The molecule has 0 unspecified atom stereocenters. The number of hydrogen-bond donors (Lipinski definition) is 3. The number of aliphatic carboxylic acids is 1. The highest BCUT2D eigenvalue weighted by Crippen LogP contribution is 2.24. The van der Waals surface area contributed by atoms with Gasteiger partial charge in [0.2, 0.25) is 0 Å². The molecule has 0 bridgehead atoms. The fourth-order valence-electron chi connectivity index (χ4n) is 1.71. The second kappa shape index (κ2) is 9.23. The molecule has 0 aliphatic carbocycles. The summed E-state index contributed by atoms with van der Waals surface area (Å²) < 4.78 is 5.92. The minimum Gasteiger partial charge on any atom is -0.497 e. The molecule has 2 amide bonds. The fraction of sp³-hybridized carbons (Fsp3) is 0.429. The molecule has 0 aromatic heterocycles. The van der Waals surface area contributed by atoms with Crippen molar-refractivity contribution in [3.8, 4) is 5.75 Å². The molecule has 6 nitrogen and oxygen atoms in total. The van der Waals surface area contributed by atoms with E-state index in [9.17, 15) is 9.59 Å². The third kappa shape index (κ3) is 7.55. The van der Waals surface area contributed by atoms with Crippen LogP contribution in [-0.4, -0.2) is 30.8 Å². The summed E-state index contributed by atoms with van der Waals surface area (Å²) in [7, 11) is 1.56. The average Bonchev–Trinajstić information content (AvgIpc) is 2.41. The number of amides is 2. The number of carbonyl (C=O) groups is 2. The summed E-state index contributed by atoms with van der Waals surface area (Å²) >= 11 is 3.34. The van der Waals surface area contributed by atoms with Gasteiger partial charge in [-0.2, -0.15) is 0 Å². The Kier molecular flexibility index (Phi) is 7.60. The minimum atomic E-state index is -0.788. The number of carbonyl (C=O) groups excluding carboxylic acids is 1. The minimum absolute atomic E-state index is 0.171. The zero-order chi connectivity index (χ0) is 15.7. The Labute approximate surface area is 132 Å². The van der Waals surface area contributed by atoms with Gasteiger partial charge in [-0.15, -0.1) is 0 Å². The second-order valence-corrected chi connectivity index (χ2v) is 5.38. The van der Waals surface area contributed by atoms with E-state index in [2.05, 4.69) is 26.6 Å². The van der Waals surface area contributed by atoms with Gasteiger partial charge >= 0.3 is 12.0 Å². The van der Waals surface area contributed by atoms with Gasteiger partial charge in [-0.1, -0.05) is 22.4 Å². The zero-order valence-corrected chi connectivity index (χ0v) is 13.4. The van der Waals surface area contributed by atoms with Crippen molar-refractivity contribution in [2.75, 3.05) is 19.0 Å². The molecule has 0 saturated carbocycles. The van der Waals surface area contributed by atoms with E-state index in [0.717, 1.165) is 17.3 Å². The van der Waals surface area contributed by atoms with E-state index < -0.39 is 5.97 Å². The van der Waals surface area contributed by atoms with Crippen LogP contribution < -0.4 is 15.4 Å². The summed E-state index contributed by atoms with van der Waals surface area (Å²) in [4.78, 5) is 22.0. The number of methoxy groups -OCH3 is 1. The number of nitrogens with one attached hydrogen (secondary N) is 2. The van der Waals surface area contributed by atoms with Crippen molar-refractivity contribution in [2.45, 2.75) is 25.7 Å². The average molecular weight is 359 g/mol. The Morgan fingerprint density at radius 2 is 2.00 bits per heavy atom. The van der Waals surface area contributed by atoms with E-state index in [1.54, 1.807) is 25.3 Å². The highest BCUT2D eigenvalue weighted by molar-refractivity contribution is 9.10. The molecule has 0 atom stereocenters. The summed E-state index contributed by atoms with van der Waals surface area (Å²) in [6.07, 6.45) is 2.32. The van der Waals surface area contributed by atoms with Gasteiger partial charge in [0.25, 0.3) is 0 Å². The number of rotatable bonds is 8. The molecule has 0 heterocycles. The van der Waals surface area contributed by atoms with Gasteiger partial charge in [0.05, 0.1) is 7.11 Å². The number of carboxylic acids is 1. The smallest absolute Gasteiger partial charge is 0.319 e. The lowest BCUT2D eigenvalue weighted by Crippen LogP contribution is -2.29. The molecule has 3 N–H and O–H groups in total. The first-order valence-electron chi connectivity index (χ1n) is 6.62. The quantitative estimate of drug-likeness (QED) is 0.622. The van der Waals surface area contributed by atoms with Gasteiger partial charge in [-0.25, -0.2) is 4.79 Å². The van der Waals surface area contributed by atoms with Crippen LogP contribution in [0.3, 0.4) is 0 Å². The predicted octanol–water partition coefficient (Wildman–Crippen LogP) is 3.22. The summed E-state index contributed by atoms with van der Waals surface area (Å²) in [6, 6.07) is 4.99. The summed E-state index contributed by atoms with van der Waals surface area (Å²) in [5.74, 6) is -0.141. The zero-order valence-electron chi connectivity index (χ0n) is 11.8. The Bertz CT molecular complexity index is 494. The van der Waals surface area contributed by atoms with Crippen molar-refractivity contribution in [2.24, 2.45) is 0 Å². The Morgan fingerprint density at radius 3 is 2.67 bits per heavy atom. The van der Waals surface area contributed by atoms with Crippen LogP contribution in [0.5, 0.6) is 5.75 Å². The maximum atomic E-state index is 11.7. The highest BCUT2D eigenvalue weighted by Gasteiger charge is 2.04. The number of unbranched alkanes of at least 4 members (excludes halogenated alkanes) is 2. The summed E-state index contributed by atoms with van der Waals surface area (Å²) in [5.41, 5.74) is 0.629. The lowest BCUT2D eigenvalue weighted by Gasteiger charge is -2.09. The molecule has 1 rings (SSSR count). The van der Waals surface area contributed by atoms with E-state index >= 15 is 0 Å². The maximum absolute atomic E-state index is 11.7. The van der Waals surface area contributed by atoms with Gasteiger partial charge in [0, 0.05) is 29.2 Å². The number of anilines is 1. The Hall–Kier alpha value is -1.76. The van der Waals surface area contributed by atoms with Gasteiger partial charge in [0.15, 0.2) is 0 Å². The molecule has 0 spiro atoms. The van der Waals surface area contributed by atoms with Crippen molar-refractivity contribution in [1.82, 2.24) is 5.32 Å². The molecule has 21 heavy (non-hydrogen) atoms. The standard InChI is InChI=1S/C14H19BrN2O4/c1-21-12-8-10(15)7-11(9-12)17-14(20)16-6-4-2-3-5-13(18)19/h7-9H,2-6H2,1H3,(H,18,19)(H2,16,17,20). The first-order valence-corrected chi connectivity index (χ1v) is 7.42. The molecule has 0 fully saturated rings. The number of hydrogen-bond acceptors (Lipinski definition) is 3. The molecule has 116 valence electrons. The summed E-state index contributed by atoms with van der Waals surface area (Å²) in [5, 5.41) is 13.9. The Morgan fingerprint density at radius 1 is 1.24 bits per heavy atom. The van der Waals surface area contributed by atoms with E-state index in [1.165, 1.54) is 0 Å². The summed E-state index contributed by atoms with van der Waals surface area (Å²) in [6.45, 7) is 0.511. The topological polar surface area (TPSA) is 87.7 Å². The monoisotopic (exact) mass is 358 g/mol. The number of benzene rings is 1. The molecular weight excluding hydrogens is 340 g/mol. The molecule has 0 radical (unpaired) electrons. The number of ether oxygens (including phenoxy) is 1. The first kappa shape index (κ1) is 17.3. The second-order valence-electron chi connectivity index (χ2n) is 4.47. The van der Waals surface area contributed by atoms with Crippen LogP contribution in [0.4, 0.5) is 10.5 Å². The molecule has 7 heteroatoms. The van der Waals surface area contributed by atoms with Crippen molar-refractivity contribution in [1.29, 1.82) is 0 Å². The predicted molar refractivity (Wildman–Crippen MR) is 83.8 cm³/mol. The van der Waals surface area contributed by atoms with Crippen LogP contribution >= 0.6 is 15.9 Å². The van der Waals surface area contributed by atoms with Crippen molar-refractivity contribution in [3.05, 3.63) is 22.7 Å². The van der Waals surface area contributed by atoms with Gasteiger partial charge < -0.3 is 20.5 Å². The van der Waals surface area contributed by atoms with Crippen molar-refractivity contribution >= 4 is 33.6 Å². The molecule has 0 saturated heterocycles. The maximum Gasteiger partial charge on any atom is 0.319 e. The molecular formula is C14H19BrN2O4. The van der Waals surface area contributed by atoms with Gasteiger partial charge in [-0.05, 0) is 25.0 Å². The van der Waals surface area contributed by atoms with Crippen LogP contribution in [-0.2, 0) is 4.79 Å². The highest BCUT2D eigenvalue weighted by atomic mass is 79.9. The van der Waals surface area contributed by atoms with Crippen molar-refractivity contribution in [3.63, 3.8) is 0 Å². The largest absolute Gasteiger partial charge is 0.497 e. The lowest BCUT2D eigenvalue weighted by molar-refractivity contribution is -0.137. The first-order chi connectivity index (χ1) is 10.0. The van der Waals surface area contributed by atoms with E-state index in [-0.39, 0.29) is 12.5 Å². The fourth-order valence-corrected chi connectivity index (χ4v) is 2.18. The van der Waals surface area contributed by atoms with Crippen LogP contribution in [0.15, 0.2) is 22.7 Å². The lowest BCUT2D eigenvalue weighted by atomic mass is 10.2. The van der Waals surface area contributed by atoms with E-state index in [0.29, 0.717) is 24.4 Å².